The van der Waals surface area contributed by atoms with Crippen molar-refractivity contribution < 1.29 is 9.53 Å². The van der Waals surface area contributed by atoms with Crippen molar-refractivity contribution >= 4 is 5.91 Å². The predicted octanol–water partition coefficient (Wildman–Crippen LogP) is 1.82. The average Bonchev–Trinajstić information content (AvgIpc) is 2.28. The van der Waals surface area contributed by atoms with E-state index in [1.165, 1.54) is 24.0 Å². The Labute approximate surface area is 95.6 Å². The average molecular weight is 219 g/mol. The molecule has 1 aromatic rings. The number of amides is 1. The molecule has 0 heterocycles. The van der Waals surface area contributed by atoms with Crippen LogP contribution in [-0.4, -0.2) is 12.0 Å². The van der Waals surface area contributed by atoms with Crippen LogP contribution >= 0.6 is 0 Å². The molecular formula is C13H17NO2. The van der Waals surface area contributed by atoms with Crippen LogP contribution in [0, 0.1) is 0 Å². The highest BCUT2D eigenvalue weighted by Gasteiger charge is 2.13. The molecule has 16 heavy (non-hydrogen) atoms. The van der Waals surface area contributed by atoms with Crippen molar-refractivity contribution in [2.24, 2.45) is 5.73 Å². The smallest absolute Gasteiger partial charge is 0.258 e. The van der Waals surface area contributed by atoms with E-state index < -0.39 is 12.0 Å². The molecule has 2 N–H and O–H groups in total. The van der Waals surface area contributed by atoms with E-state index in [1.54, 1.807) is 6.92 Å². The molecule has 0 aliphatic heterocycles. The fourth-order valence-electron chi connectivity index (χ4n) is 2.05. The number of carbonyl (C=O) groups excluding carboxylic acids is 1. The molecule has 2 rings (SSSR count). The summed E-state index contributed by atoms with van der Waals surface area (Å²) in [6, 6.07) is 6.05. The summed E-state index contributed by atoms with van der Waals surface area (Å²) in [6.07, 6.45) is 4.20. The monoisotopic (exact) mass is 219 g/mol. The predicted molar refractivity (Wildman–Crippen MR) is 62.4 cm³/mol. The number of rotatable bonds is 3. The van der Waals surface area contributed by atoms with Crippen molar-refractivity contribution in [2.45, 2.75) is 38.7 Å². The summed E-state index contributed by atoms with van der Waals surface area (Å²) in [6.45, 7) is 1.67. The Morgan fingerprint density at radius 2 is 2.00 bits per heavy atom. The molecule has 1 amide bonds. The second-order valence-corrected chi connectivity index (χ2v) is 4.30. The first-order chi connectivity index (χ1) is 7.66. The lowest BCUT2D eigenvalue weighted by molar-refractivity contribution is -0.123. The van der Waals surface area contributed by atoms with Crippen LogP contribution in [0.1, 0.15) is 30.9 Å². The SMILES string of the molecule is C[C@@H](Oc1ccc2c(c1)CCCC2)C(N)=O. The van der Waals surface area contributed by atoms with Crippen molar-refractivity contribution in [1.29, 1.82) is 0 Å². The van der Waals surface area contributed by atoms with E-state index in [9.17, 15) is 4.79 Å². The maximum atomic E-state index is 10.9. The number of hydrogen-bond donors (Lipinski definition) is 1. The lowest BCUT2D eigenvalue weighted by atomic mass is 9.92. The third-order valence-electron chi connectivity index (χ3n) is 3.03. The van der Waals surface area contributed by atoms with Crippen molar-refractivity contribution in [3.63, 3.8) is 0 Å². The molecule has 0 saturated heterocycles. The summed E-state index contributed by atoms with van der Waals surface area (Å²) < 4.78 is 5.47. The molecule has 0 bridgehead atoms. The molecule has 1 aromatic carbocycles. The van der Waals surface area contributed by atoms with Gasteiger partial charge in [0.25, 0.3) is 5.91 Å². The topological polar surface area (TPSA) is 52.3 Å². The Kier molecular flexibility index (Phi) is 3.13. The molecule has 0 saturated carbocycles. The minimum absolute atomic E-state index is 0.433. The van der Waals surface area contributed by atoms with Crippen LogP contribution in [0.2, 0.25) is 0 Å². The summed E-state index contributed by atoms with van der Waals surface area (Å²) in [5.41, 5.74) is 7.91. The zero-order valence-corrected chi connectivity index (χ0v) is 9.53. The maximum Gasteiger partial charge on any atom is 0.258 e. The number of aryl methyl sites for hydroxylation is 2. The van der Waals surface area contributed by atoms with E-state index in [2.05, 4.69) is 6.07 Å². The van der Waals surface area contributed by atoms with Gasteiger partial charge in [-0.1, -0.05) is 6.07 Å². The molecular weight excluding hydrogens is 202 g/mol. The molecule has 0 fully saturated rings. The molecule has 1 aliphatic rings. The van der Waals surface area contributed by atoms with Gasteiger partial charge in [-0.3, -0.25) is 4.79 Å². The van der Waals surface area contributed by atoms with Gasteiger partial charge in [-0.25, -0.2) is 0 Å². The molecule has 0 spiro atoms. The second-order valence-electron chi connectivity index (χ2n) is 4.30. The number of primary amides is 1. The van der Waals surface area contributed by atoms with Gasteiger partial charge in [0.15, 0.2) is 6.10 Å². The Morgan fingerprint density at radius 1 is 1.31 bits per heavy atom. The van der Waals surface area contributed by atoms with Gasteiger partial charge >= 0.3 is 0 Å². The van der Waals surface area contributed by atoms with Crippen LogP contribution in [0.15, 0.2) is 18.2 Å². The van der Waals surface area contributed by atoms with Gasteiger partial charge in [0.1, 0.15) is 5.75 Å². The first kappa shape index (κ1) is 11.0. The standard InChI is InChI=1S/C13H17NO2/c1-9(13(14)15)16-12-7-6-10-4-2-3-5-11(10)8-12/h6-9H,2-5H2,1H3,(H2,14,15)/t9-/m1/s1. The van der Waals surface area contributed by atoms with Crippen molar-refractivity contribution in [1.82, 2.24) is 0 Å². The van der Waals surface area contributed by atoms with Gasteiger partial charge in [-0.2, -0.15) is 0 Å². The van der Waals surface area contributed by atoms with Gasteiger partial charge in [0, 0.05) is 0 Å². The fraction of sp³-hybridized carbons (Fsp3) is 0.462. The Balaban J connectivity index is 2.14. The Morgan fingerprint density at radius 3 is 2.69 bits per heavy atom. The largest absolute Gasteiger partial charge is 0.481 e. The molecule has 3 heteroatoms. The zero-order valence-electron chi connectivity index (χ0n) is 9.53. The van der Waals surface area contributed by atoms with Crippen molar-refractivity contribution in [3.05, 3.63) is 29.3 Å². The van der Waals surface area contributed by atoms with Gasteiger partial charge in [0.2, 0.25) is 0 Å². The van der Waals surface area contributed by atoms with E-state index in [4.69, 9.17) is 10.5 Å². The van der Waals surface area contributed by atoms with Crippen LogP contribution in [-0.2, 0) is 17.6 Å². The summed E-state index contributed by atoms with van der Waals surface area (Å²) in [4.78, 5) is 10.9. The quantitative estimate of drug-likeness (QED) is 0.843. The van der Waals surface area contributed by atoms with E-state index in [0.29, 0.717) is 0 Å². The van der Waals surface area contributed by atoms with Gasteiger partial charge in [-0.05, 0) is 55.9 Å². The third kappa shape index (κ3) is 2.35. The van der Waals surface area contributed by atoms with Crippen LogP contribution < -0.4 is 10.5 Å². The van der Waals surface area contributed by atoms with E-state index >= 15 is 0 Å². The highest BCUT2D eigenvalue weighted by molar-refractivity contribution is 5.78. The normalized spacial score (nSPS) is 16.3. The number of hydrogen-bond acceptors (Lipinski definition) is 2. The molecule has 1 atom stereocenters. The minimum atomic E-state index is -0.568. The molecule has 86 valence electrons. The lowest BCUT2D eigenvalue weighted by Gasteiger charge is -2.18. The van der Waals surface area contributed by atoms with Gasteiger partial charge in [-0.15, -0.1) is 0 Å². The first-order valence-corrected chi connectivity index (χ1v) is 5.74. The number of carbonyl (C=O) groups is 1. The molecule has 0 unspecified atom stereocenters. The van der Waals surface area contributed by atoms with E-state index in [0.717, 1.165) is 18.6 Å². The Hall–Kier alpha value is -1.51. The summed E-state index contributed by atoms with van der Waals surface area (Å²) in [7, 11) is 0. The lowest BCUT2D eigenvalue weighted by Crippen LogP contribution is -2.30. The van der Waals surface area contributed by atoms with Crippen LogP contribution in [0.4, 0.5) is 0 Å². The van der Waals surface area contributed by atoms with Crippen LogP contribution in [0.3, 0.4) is 0 Å². The molecule has 0 aromatic heterocycles. The number of benzene rings is 1. The van der Waals surface area contributed by atoms with E-state index in [-0.39, 0.29) is 0 Å². The fourth-order valence-corrected chi connectivity index (χ4v) is 2.05. The second kappa shape index (κ2) is 4.56. The highest BCUT2D eigenvalue weighted by Crippen LogP contribution is 2.25. The summed E-state index contributed by atoms with van der Waals surface area (Å²) >= 11 is 0. The maximum absolute atomic E-state index is 10.9. The van der Waals surface area contributed by atoms with Gasteiger partial charge < -0.3 is 10.5 Å². The summed E-state index contributed by atoms with van der Waals surface area (Å²) in [5.74, 6) is 0.310. The minimum Gasteiger partial charge on any atom is -0.481 e. The van der Waals surface area contributed by atoms with Crippen molar-refractivity contribution in [3.8, 4) is 5.75 Å². The first-order valence-electron chi connectivity index (χ1n) is 5.74. The molecule has 1 aliphatic carbocycles. The van der Waals surface area contributed by atoms with Crippen LogP contribution in [0.25, 0.3) is 0 Å². The Bertz CT molecular complexity index is 401. The highest BCUT2D eigenvalue weighted by atomic mass is 16.5. The van der Waals surface area contributed by atoms with Crippen molar-refractivity contribution in [2.75, 3.05) is 0 Å². The molecule has 3 nitrogen and oxygen atoms in total. The molecule has 0 radical (unpaired) electrons. The number of nitrogens with two attached hydrogens (primary N) is 1. The third-order valence-corrected chi connectivity index (χ3v) is 3.03. The number of ether oxygens (including phenoxy) is 1. The van der Waals surface area contributed by atoms with E-state index in [1.807, 2.05) is 12.1 Å². The zero-order chi connectivity index (χ0) is 11.5. The summed E-state index contributed by atoms with van der Waals surface area (Å²) in [5, 5.41) is 0. The number of fused-ring (bicyclic) bond motifs is 1. The van der Waals surface area contributed by atoms with Crippen LogP contribution in [0.5, 0.6) is 5.75 Å². The van der Waals surface area contributed by atoms with Gasteiger partial charge in [0.05, 0.1) is 0 Å².